The van der Waals surface area contributed by atoms with E-state index in [1.807, 2.05) is 12.1 Å². The van der Waals surface area contributed by atoms with Crippen LogP contribution < -0.4 is 10.2 Å². The molecule has 0 aromatic heterocycles. The Labute approximate surface area is 138 Å². The van der Waals surface area contributed by atoms with Gasteiger partial charge in [-0.05, 0) is 48.8 Å². The SMILES string of the molecule is CC(C)CSCC(=O)Nc1ccc(N2CCCCCC2)cc1. The van der Waals surface area contributed by atoms with Crippen LogP contribution in [0.4, 0.5) is 11.4 Å². The van der Waals surface area contributed by atoms with Gasteiger partial charge in [-0.25, -0.2) is 0 Å². The van der Waals surface area contributed by atoms with Crippen molar-refractivity contribution in [3.05, 3.63) is 24.3 Å². The van der Waals surface area contributed by atoms with Crippen LogP contribution >= 0.6 is 11.8 Å². The first-order valence-corrected chi connectivity index (χ1v) is 9.53. The number of nitrogens with zero attached hydrogens (tertiary/aromatic N) is 1. The number of nitrogens with one attached hydrogen (secondary N) is 1. The summed E-state index contributed by atoms with van der Waals surface area (Å²) in [6, 6.07) is 8.29. The number of carbonyl (C=O) groups excluding carboxylic acids is 1. The van der Waals surface area contributed by atoms with Gasteiger partial charge in [0.1, 0.15) is 0 Å². The van der Waals surface area contributed by atoms with Crippen LogP contribution in [0.2, 0.25) is 0 Å². The smallest absolute Gasteiger partial charge is 0.234 e. The number of thioether (sulfide) groups is 1. The van der Waals surface area contributed by atoms with Crippen molar-refractivity contribution < 1.29 is 4.79 Å². The molecule has 0 atom stereocenters. The third kappa shape index (κ3) is 5.91. The highest BCUT2D eigenvalue weighted by atomic mass is 32.2. The van der Waals surface area contributed by atoms with Gasteiger partial charge in [-0.3, -0.25) is 4.79 Å². The van der Waals surface area contributed by atoms with E-state index in [9.17, 15) is 4.79 Å². The summed E-state index contributed by atoms with van der Waals surface area (Å²) in [5.74, 6) is 2.28. The molecular weight excluding hydrogens is 292 g/mol. The van der Waals surface area contributed by atoms with Gasteiger partial charge in [0.15, 0.2) is 0 Å². The zero-order valence-corrected chi connectivity index (χ0v) is 14.6. The molecule has 1 aliphatic heterocycles. The van der Waals surface area contributed by atoms with Crippen molar-refractivity contribution in [3.63, 3.8) is 0 Å². The Bertz CT molecular complexity index is 451. The second-order valence-corrected chi connectivity index (χ2v) is 7.44. The molecule has 1 N–H and O–H groups in total. The average molecular weight is 321 g/mol. The number of hydrogen-bond donors (Lipinski definition) is 1. The first-order valence-electron chi connectivity index (χ1n) is 8.38. The summed E-state index contributed by atoms with van der Waals surface area (Å²) in [6.07, 6.45) is 5.26. The topological polar surface area (TPSA) is 32.3 Å². The number of benzene rings is 1. The number of carbonyl (C=O) groups is 1. The van der Waals surface area contributed by atoms with E-state index in [1.54, 1.807) is 11.8 Å². The first kappa shape index (κ1) is 17.2. The lowest BCUT2D eigenvalue weighted by molar-refractivity contribution is -0.113. The van der Waals surface area contributed by atoms with Crippen molar-refractivity contribution >= 4 is 29.0 Å². The molecule has 0 spiro atoms. The number of amides is 1. The van der Waals surface area contributed by atoms with Gasteiger partial charge < -0.3 is 10.2 Å². The summed E-state index contributed by atoms with van der Waals surface area (Å²) < 4.78 is 0. The minimum Gasteiger partial charge on any atom is -0.372 e. The molecule has 0 saturated carbocycles. The highest BCUT2D eigenvalue weighted by Crippen LogP contribution is 2.21. The highest BCUT2D eigenvalue weighted by Gasteiger charge is 2.10. The van der Waals surface area contributed by atoms with E-state index < -0.39 is 0 Å². The largest absolute Gasteiger partial charge is 0.372 e. The predicted molar refractivity (Wildman–Crippen MR) is 97.9 cm³/mol. The Balaban J connectivity index is 1.82. The fourth-order valence-electron chi connectivity index (χ4n) is 2.67. The molecule has 0 bridgehead atoms. The Morgan fingerprint density at radius 1 is 1.14 bits per heavy atom. The van der Waals surface area contributed by atoms with Crippen LogP contribution in [-0.4, -0.2) is 30.5 Å². The Hall–Kier alpha value is -1.16. The predicted octanol–water partition coefficient (Wildman–Crippen LogP) is 4.39. The molecule has 1 aromatic carbocycles. The Kier molecular flexibility index (Phi) is 7.10. The van der Waals surface area contributed by atoms with Crippen molar-refractivity contribution in [1.82, 2.24) is 0 Å². The summed E-state index contributed by atoms with van der Waals surface area (Å²) in [5.41, 5.74) is 2.17. The molecule has 1 fully saturated rings. The van der Waals surface area contributed by atoms with Gasteiger partial charge >= 0.3 is 0 Å². The lowest BCUT2D eigenvalue weighted by Crippen LogP contribution is -2.23. The van der Waals surface area contributed by atoms with E-state index in [4.69, 9.17) is 0 Å². The molecule has 1 aromatic rings. The van der Waals surface area contributed by atoms with Crippen LogP contribution in [0.5, 0.6) is 0 Å². The molecule has 1 heterocycles. The Morgan fingerprint density at radius 2 is 1.77 bits per heavy atom. The van der Waals surface area contributed by atoms with Gasteiger partial charge in [0, 0.05) is 24.5 Å². The van der Waals surface area contributed by atoms with Gasteiger partial charge in [-0.15, -0.1) is 0 Å². The van der Waals surface area contributed by atoms with Crippen LogP contribution in [-0.2, 0) is 4.79 Å². The van der Waals surface area contributed by atoms with Crippen LogP contribution in [0, 0.1) is 5.92 Å². The zero-order chi connectivity index (χ0) is 15.8. The minimum absolute atomic E-state index is 0.0909. The third-order valence-corrected chi connectivity index (χ3v) is 5.18. The number of hydrogen-bond acceptors (Lipinski definition) is 3. The normalized spacial score (nSPS) is 15.7. The molecule has 4 heteroatoms. The van der Waals surface area contributed by atoms with Crippen molar-refractivity contribution in [2.45, 2.75) is 39.5 Å². The molecule has 0 unspecified atom stereocenters. The quantitative estimate of drug-likeness (QED) is 0.843. The van der Waals surface area contributed by atoms with E-state index in [0.29, 0.717) is 11.7 Å². The van der Waals surface area contributed by atoms with Crippen LogP contribution in [0.15, 0.2) is 24.3 Å². The standard InChI is InChI=1S/C18H28N2OS/c1-15(2)13-22-14-18(21)19-16-7-9-17(10-8-16)20-11-5-3-4-6-12-20/h7-10,15H,3-6,11-14H2,1-2H3,(H,19,21). The molecule has 3 nitrogen and oxygen atoms in total. The van der Waals surface area contributed by atoms with Gasteiger partial charge in [-0.1, -0.05) is 26.7 Å². The third-order valence-electron chi connectivity index (χ3n) is 3.81. The fourth-order valence-corrected chi connectivity index (χ4v) is 3.52. The maximum atomic E-state index is 11.9. The van der Waals surface area contributed by atoms with Crippen LogP contribution in [0.1, 0.15) is 39.5 Å². The zero-order valence-electron chi connectivity index (χ0n) is 13.8. The van der Waals surface area contributed by atoms with Crippen molar-refractivity contribution in [2.24, 2.45) is 5.92 Å². The summed E-state index contributed by atoms with van der Waals surface area (Å²) in [4.78, 5) is 14.3. The summed E-state index contributed by atoms with van der Waals surface area (Å²) in [7, 11) is 0. The minimum atomic E-state index is 0.0909. The molecule has 122 valence electrons. The van der Waals surface area contributed by atoms with Gasteiger partial charge in [0.25, 0.3) is 0 Å². The molecule has 0 aliphatic carbocycles. The lowest BCUT2D eigenvalue weighted by atomic mass is 10.2. The van der Waals surface area contributed by atoms with Crippen molar-refractivity contribution in [3.8, 4) is 0 Å². The Morgan fingerprint density at radius 3 is 2.36 bits per heavy atom. The number of anilines is 2. The van der Waals surface area contributed by atoms with Crippen molar-refractivity contribution in [1.29, 1.82) is 0 Å². The first-order chi connectivity index (χ1) is 10.6. The molecule has 0 radical (unpaired) electrons. The lowest BCUT2D eigenvalue weighted by Gasteiger charge is -2.22. The van der Waals surface area contributed by atoms with E-state index in [0.717, 1.165) is 24.5 Å². The molecule has 1 amide bonds. The summed E-state index contributed by atoms with van der Waals surface area (Å²) >= 11 is 1.70. The van der Waals surface area contributed by atoms with E-state index in [1.165, 1.54) is 31.4 Å². The average Bonchev–Trinajstić information content (AvgIpc) is 2.77. The van der Waals surface area contributed by atoms with Crippen LogP contribution in [0.3, 0.4) is 0 Å². The van der Waals surface area contributed by atoms with Crippen LogP contribution in [0.25, 0.3) is 0 Å². The van der Waals surface area contributed by atoms with Gasteiger partial charge in [0.05, 0.1) is 5.75 Å². The maximum absolute atomic E-state index is 11.9. The highest BCUT2D eigenvalue weighted by molar-refractivity contribution is 7.99. The molecule has 2 rings (SSSR count). The second kappa shape index (κ2) is 9.09. The van der Waals surface area contributed by atoms with E-state index in [-0.39, 0.29) is 5.91 Å². The second-order valence-electron chi connectivity index (χ2n) is 6.41. The number of rotatable bonds is 6. The summed E-state index contributed by atoms with van der Waals surface area (Å²) in [5, 5.41) is 2.98. The van der Waals surface area contributed by atoms with E-state index >= 15 is 0 Å². The molecule has 22 heavy (non-hydrogen) atoms. The summed E-state index contributed by atoms with van der Waals surface area (Å²) in [6.45, 7) is 6.65. The molecular formula is C18H28N2OS. The van der Waals surface area contributed by atoms with E-state index in [2.05, 4.69) is 36.2 Å². The maximum Gasteiger partial charge on any atom is 0.234 e. The fraction of sp³-hybridized carbons (Fsp3) is 0.611. The van der Waals surface area contributed by atoms with Gasteiger partial charge in [0.2, 0.25) is 5.91 Å². The monoisotopic (exact) mass is 320 g/mol. The molecule has 1 aliphatic rings. The van der Waals surface area contributed by atoms with Gasteiger partial charge in [-0.2, -0.15) is 11.8 Å². The molecule has 1 saturated heterocycles. The van der Waals surface area contributed by atoms with Crippen molar-refractivity contribution in [2.75, 3.05) is 34.8 Å².